The van der Waals surface area contributed by atoms with E-state index in [0.717, 1.165) is 13.1 Å². The largest absolute Gasteiger partial charge is 0.316 e. The Morgan fingerprint density at radius 3 is 2.71 bits per heavy atom. The fourth-order valence-electron chi connectivity index (χ4n) is 2.75. The molecule has 1 aliphatic carbocycles. The summed E-state index contributed by atoms with van der Waals surface area (Å²) in [6.07, 6.45) is 2.57. The van der Waals surface area contributed by atoms with E-state index in [1.54, 1.807) is 12.1 Å². The van der Waals surface area contributed by atoms with Crippen molar-refractivity contribution in [3.05, 3.63) is 35.6 Å². The molecule has 1 aromatic carbocycles. The van der Waals surface area contributed by atoms with Crippen LogP contribution in [0.15, 0.2) is 24.3 Å². The average molecular weight is 191 g/mol. The lowest BCUT2D eigenvalue weighted by atomic mass is 9.98. The van der Waals surface area contributed by atoms with Crippen LogP contribution < -0.4 is 5.32 Å². The molecule has 1 aliphatic heterocycles. The molecule has 2 atom stereocenters. The van der Waals surface area contributed by atoms with E-state index in [-0.39, 0.29) is 5.82 Å². The third-order valence-corrected chi connectivity index (χ3v) is 3.74. The molecule has 1 N–H and O–H groups in total. The summed E-state index contributed by atoms with van der Waals surface area (Å²) in [5.41, 5.74) is 1.84. The van der Waals surface area contributed by atoms with Gasteiger partial charge in [0.15, 0.2) is 0 Å². The predicted molar refractivity (Wildman–Crippen MR) is 53.7 cm³/mol. The van der Waals surface area contributed by atoms with Crippen molar-refractivity contribution >= 4 is 0 Å². The summed E-state index contributed by atoms with van der Waals surface area (Å²) in [6, 6.07) is 7.02. The van der Waals surface area contributed by atoms with Crippen LogP contribution in [0, 0.1) is 11.2 Å². The lowest BCUT2D eigenvalue weighted by molar-refractivity contribution is 0.548. The summed E-state index contributed by atoms with van der Waals surface area (Å²) >= 11 is 0. The lowest BCUT2D eigenvalue weighted by Crippen LogP contribution is -2.10. The Labute approximate surface area is 83.3 Å². The molecule has 74 valence electrons. The van der Waals surface area contributed by atoms with Crippen molar-refractivity contribution in [2.24, 2.45) is 5.41 Å². The van der Waals surface area contributed by atoms with Crippen LogP contribution in [0.2, 0.25) is 0 Å². The summed E-state index contributed by atoms with van der Waals surface area (Å²) in [4.78, 5) is 0. The summed E-state index contributed by atoms with van der Waals surface area (Å²) in [5.74, 6) is 0.547. The van der Waals surface area contributed by atoms with Gasteiger partial charge >= 0.3 is 0 Å². The maximum atomic E-state index is 12.7. The van der Waals surface area contributed by atoms with Gasteiger partial charge in [0.1, 0.15) is 5.82 Å². The third-order valence-electron chi connectivity index (χ3n) is 3.74. The molecule has 2 aliphatic rings. The second-order valence-electron chi connectivity index (χ2n) is 4.60. The first-order valence-corrected chi connectivity index (χ1v) is 5.26. The van der Waals surface area contributed by atoms with E-state index in [2.05, 4.69) is 5.32 Å². The van der Waals surface area contributed by atoms with Crippen LogP contribution in [0.5, 0.6) is 0 Å². The Bertz CT molecular complexity index is 338. The number of rotatable bonds is 1. The Balaban J connectivity index is 1.82. The summed E-state index contributed by atoms with van der Waals surface area (Å²) in [7, 11) is 0. The van der Waals surface area contributed by atoms with Crippen molar-refractivity contribution in [2.75, 3.05) is 13.1 Å². The molecule has 14 heavy (non-hydrogen) atoms. The molecule has 1 nitrogen and oxygen atoms in total. The van der Waals surface area contributed by atoms with E-state index in [1.165, 1.54) is 18.4 Å². The fourth-order valence-corrected chi connectivity index (χ4v) is 2.75. The molecule has 3 rings (SSSR count). The van der Waals surface area contributed by atoms with Crippen LogP contribution >= 0.6 is 0 Å². The van der Waals surface area contributed by atoms with Gasteiger partial charge in [-0.2, -0.15) is 0 Å². The van der Waals surface area contributed by atoms with Crippen LogP contribution in [0.3, 0.4) is 0 Å². The first kappa shape index (κ1) is 8.42. The van der Waals surface area contributed by atoms with Gasteiger partial charge in [0.05, 0.1) is 0 Å². The Morgan fingerprint density at radius 1 is 1.29 bits per heavy atom. The number of hydrogen-bond donors (Lipinski definition) is 1. The lowest BCUT2D eigenvalue weighted by Gasteiger charge is -2.06. The topological polar surface area (TPSA) is 12.0 Å². The van der Waals surface area contributed by atoms with Crippen molar-refractivity contribution in [1.82, 2.24) is 5.32 Å². The molecule has 2 fully saturated rings. The fraction of sp³-hybridized carbons (Fsp3) is 0.500. The van der Waals surface area contributed by atoms with E-state index in [1.807, 2.05) is 12.1 Å². The van der Waals surface area contributed by atoms with Crippen molar-refractivity contribution in [2.45, 2.75) is 18.8 Å². The second kappa shape index (κ2) is 2.80. The van der Waals surface area contributed by atoms with Crippen molar-refractivity contribution < 1.29 is 4.39 Å². The molecule has 0 unspecified atom stereocenters. The average Bonchev–Trinajstić information content (AvgIpc) is 2.68. The first-order valence-electron chi connectivity index (χ1n) is 5.26. The minimum absolute atomic E-state index is 0.131. The van der Waals surface area contributed by atoms with E-state index in [0.29, 0.717) is 11.3 Å². The predicted octanol–water partition coefficient (Wildman–Crippen LogP) is 2.29. The van der Waals surface area contributed by atoms with E-state index in [4.69, 9.17) is 0 Å². The molecule has 1 heterocycles. The van der Waals surface area contributed by atoms with Crippen molar-refractivity contribution in [3.63, 3.8) is 0 Å². The summed E-state index contributed by atoms with van der Waals surface area (Å²) in [5, 5.41) is 3.41. The zero-order chi connectivity index (χ0) is 9.60. The van der Waals surface area contributed by atoms with E-state index < -0.39 is 0 Å². The van der Waals surface area contributed by atoms with Gasteiger partial charge in [-0.05, 0) is 48.4 Å². The Morgan fingerprint density at radius 2 is 2.07 bits per heavy atom. The minimum atomic E-state index is -0.131. The van der Waals surface area contributed by atoms with Crippen molar-refractivity contribution in [3.8, 4) is 0 Å². The Kier molecular flexibility index (Phi) is 1.68. The molecule has 1 aromatic rings. The van der Waals surface area contributed by atoms with Crippen molar-refractivity contribution in [1.29, 1.82) is 0 Å². The highest BCUT2D eigenvalue weighted by molar-refractivity contribution is 5.31. The SMILES string of the molecule is Fc1ccc([C@@H]2C[C@]23CCNC3)cc1. The zero-order valence-electron chi connectivity index (χ0n) is 8.09. The van der Waals surface area contributed by atoms with Gasteiger partial charge < -0.3 is 5.32 Å². The molecule has 1 saturated heterocycles. The first-order chi connectivity index (χ1) is 6.80. The van der Waals surface area contributed by atoms with E-state index >= 15 is 0 Å². The summed E-state index contributed by atoms with van der Waals surface area (Å²) in [6.45, 7) is 2.30. The number of halogens is 1. The number of nitrogens with one attached hydrogen (secondary N) is 1. The smallest absolute Gasteiger partial charge is 0.123 e. The molecule has 0 aromatic heterocycles. The number of hydrogen-bond acceptors (Lipinski definition) is 1. The highest BCUT2D eigenvalue weighted by Crippen LogP contribution is 2.62. The highest BCUT2D eigenvalue weighted by atomic mass is 19.1. The molecular formula is C12H14FN. The van der Waals surface area contributed by atoms with Gasteiger partial charge in [-0.25, -0.2) is 4.39 Å². The van der Waals surface area contributed by atoms with Crippen LogP contribution in [0.1, 0.15) is 24.3 Å². The maximum absolute atomic E-state index is 12.7. The molecule has 2 heteroatoms. The van der Waals surface area contributed by atoms with Gasteiger partial charge in [-0.3, -0.25) is 0 Å². The monoisotopic (exact) mass is 191 g/mol. The quantitative estimate of drug-likeness (QED) is 0.718. The third kappa shape index (κ3) is 1.17. The molecule has 0 radical (unpaired) electrons. The standard InChI is InChI=1S/C12H14FN/c13-10-3-1-9(2-4-10)11-7-12(11)5-6-14-8-12/h1-4,11,14H,5-8H2/t11-,12-/m0/s1. The van der Waals surface area contributed by atoms with Crippen LogP contribution in [-0.4, -0.2) is 13.1 Å². The molecule has 1 saturated carbocycles. The summed E-state index contributed by atoms with van der Waals surface area (Å²) < 4.78 is 12.7. The normalized spacial score (nSPS) is 35.1. The van der Waals surface area contributed by atoms with Crippen LogP contribution in [-0.2, 0) is 0 Å². The number of benzene rings is 1. The van der Waals surface area contributed by atoms with Gasteiger partial charge in [0, 0.05) is 6.54 Å². The second-order valence-corrected chi connectivity index (χ2v) is 4.60. The molecule has 0 amide bonds. The van der Waals surface area contributed by atoms with Gasteiger partial charge in [0.25, 0.3) is 0 Å². The van der Waals surface area contributed by atoms with Crippen LogP contribution in [0.25, 0.3) is 0 Å². The molecule has 1 spiro atoms. The van der Waals surface area contributed by atoms with E-state index in [9.17, 15) is 4.39 Å². The van der Waals surface area contributed by atoms with Crippen LogP contribution in [0.4, 0.5) is 4.39 Å². The maximum Gasteiger partial charge on any atom is 0.123 e. The highest BCUT2D eigenvalue weighted by Gasteiger charge is 2.55. The Hall–Kier alpha value is -0.890. The zero-order valence-corrected chi connectivity index (χ0v) is 8.09. The van der Waals surface area contributed by atoms with Gasteiger partial charge in [0.2, 0.25) is 0 Å². The van der Waals surface area contributed by atoms with Gasteiger partial charge in [-0.15, -0.1) is 0 Å². The van der Waals surface area contributed by atoms with Gasteiger partial charge in [-0.1, -0.05) is 12.1 Å². The molecular weight excluding hydrogens is 177 g/mol. The minimum Gasteiger partial charge on any atom is -0.316 e. The molecule has 0 bridgehead atoms.